The lowest BCUT2D eigenvalue weighted by atomic mass is 9.81. The largest absolute Gasteiger partial charge is 0.336 e. The number of hydrogen-bond acceptors (Lipinski definition) is 3. The zero-order chi connectivity index (χ0) is 17.1. The van der Waals surface area contributed by atoms with E-state index in [-0.39, 0.29) is 11.7 Å². The number of ketones is 1. The van der Waals surface area contributed by atoms with Crippen LogP contribution in [0.4, 0.5) is 0 Å². The van der Waals surface area contributed by atoms with Gasteiger partial charge in [-0.15, -0.1) is 0 Å². The molecule has 0 spiro atoms. The Morgan fingerprint density at radius 2 is 1.92 bits per heavy atom. The van der Waals surface area contributed by atoms with Crippen molar-refractivity contribution in [1.82, 2.24) is 5.32 Å². The number of benzene rings is 2. The molecule has 0 heterocycles. The molecule has 2 aromatic carbocycles. The van der Waals surface area contributed by atoms with E-state index in [0.717, 1.165) is 5.56 Å². The Balaban J connectivity index is 1.85. The van der Waals surface area contributed by atoms with Crippen LogP contribution in [0.15, 0.2) is 48.5 Å². The molecule has 0 unspecified atom stereocenters. The Morgan fingerprint density at radius 3 is 2.67 bits per heavy atom. The molecule has 24 heavy (non-hydrogen) atoms. The van der Waals surface area contributed by atoms with Gasteiger partial charge in [-0.3, -0.25) is 9.59 Å². The fourth-order valence-corrected chi connectivity index (χ4v) is 3.27. The summed E-state index contributed by atoms with van der Waals surface area (Å²) in [6, 6.07) is 15.3. The summed E-state index contributed by atoms with van der Waals surface area (Å²) in [4.78, 5) is 24.7. The molecule has 2 atom stereocenters. The lowest BCUT2D eigenvalue weighted by molar-refractivity contribution is -0.123. The van der Waals surface area contributed by atoms with Crippen LogP contribution in [-0.2, 0) is 4.79 Å². The molecule has 1 N–H and O–H groups in total. The standard InChI is InChI=1S/C19H15ClN2O2/c20-16-8-4-3-7-15(16)17(11-21)22-19(24)14-9-10-18(23)13-6-2-1-5-12(13)14/h1-8,14,17H,9-10H2,(H,22,24)/t14-,17+/m1/s1. The van der Waals surface area contributed by atoms with Crippen molar-refractivity contribution in [3.05, 3.63) is 70.2 Å². The summed E-state index contributed by atoms with van der Waals surface area (Å²) in [6.07, 6.45) is 0.779. The first-order valence-corrected chi connectivity index (χ1v) is 8.06. The van der Waals surface area contributed by atoms with Crippen LogP contribution in [0.3, 0.4) is 0 Å². The molecule has 4 nitrogen and oxygen atoms in total. The van der Waals surface area contributed by atoms with Gasteiger partial charge in [0.05, 0.1) is 12.0 Å². The third-order valence-corrected chi connectivity index (χ3v) is 4.59. The van der Waals surface area contributed by atoms with Crippen molar-refractivity contribution in [1.29, 1.82) is 5.26 Å². The molecule has 5 heteroatoms. The van der Waals surface area contributed by atoms with Gasteiger partial charge in [0.2, 0.25) is 5.91 Å². The maximum atomic E-state index is 12.7. The molecule has 0 saturated heterocycles. The Hall–Kier alpha value is -2.64. The van der Waals surface area contributed by atoms with Gasteiger partial charge in [0, 0.05) is 22.6 Å². The van der Waals surface area contributed by atoms with Gasteiger partial charge in [-0.2, -0.15) is 5.26 Å². The van der Waals surface area contributed by atoms with Crippen molar-refractivity contribution >= 4 is 23.3 Å². The molecule has 0 radical (unpaired) electrons. The summed E-state index contributed by atoms with van der Waals surface area (Å²) < 4.78 is 0. The van der Waals surface area contributed by atoms with Gasteiger partial charge < -0.3 is 5.32 Å². The summed E-state index contributed by atoms with van der Waals surface area (Å²) >= 11 is 6.12. The summed E-state index contributed by atoms with van der Waals surface area (Å²) in [7, 11) is 0. The number of hydrogen-bond donors (Lipinski definition) is 1. The smallest absolute Gasteiger partial charge is 0.228 e. The average molecular weight is 339 g/mol. The van der Waals surface area contributed by atoms with Crippen molar-refractivity contribution < 1.29 is 9.59 Å². The molecule has 0 bridgehead atoms. The van der Waals surface area contributed by atoms with E-state index in [4.69, 9.17) is 11.6 Å². The van der Waals surface area contributed by atoms with E-state index < -0.39 is 12.0 Å². The first-order valence-electron chi connectivity index (χ1n) is 7.68. The zero-order valence-electron chi connectivity index (χ0n) is 12.8. The van der Waals surface area contributed by atoms with Crippen LogP contribution in [0.1, 0.15) is 46.3 Å². The molecule has 120 valence electrons. The molecule has 0 fully saturated rings. The molecule has 2 aromatic rings. The number of carbonyl (C=O) groups is 2. The number of nitriles is 1. The zero-order valence-corrected chi connectivity index (χ0v) is 13.6. The maximum absolute atomic E-state index is 12.7. The Kier molecular flexibility index (Phi) is 4.64. The monoisotopic (exact) mass is 338 g/mol. The highest BCUT2D eigenvalue weighted by Gasteiger charge is 2.31. The molecule has 1 amide bonds. The number of amides is 1. The van der Waals surface area contributed by atoms with E-state index in [0.29, 0.717) is 29.0 Å². The predicted octanol–water partition coefficient (Wildman–Crippen LogP) is 3.78. The maximum Gasteiger partial charge on any atom is 0.228 e. The van der Waals surface area contributed by atoms with E-state index in [9.17, 15) is 14.9 Å². The first-order chi connectivity index (χ1) is 11.6. The van der Waals surface area contributed by atoms with Crippen LogP contribution in [0.5, 0.6) is 0 Å². The van der Waals surface area contributed by atoms with Crippen molar-refractivity contribution in [2.24, 2.45) is 0 Å². The number of nitrogens with one attached hydrogen (secondary N) is 1. The second kappa shape index (κ2) is 6.86. The van der Waals surface area contributed by atoms with Gasteiger partial charge in [0.25, 0.3) is 0 Å². The van der Waals surface area contributed by atoms with Crippen LogP contribution in [0.2, 0.25) is 5.02 Å². The van der Waals surface area contributed by atoms with Gasteiger partial charge in [0.1, 0.15) is 6.04 Å². The van der Waals surface area contributed by atoms with Crippen molar-refractivity contribution in [3.8, 4) is 6.07 Å². The topological polar surface area (TPSA) is 70.0 Å². The Labute approximate surface area is 145 Å². The van der Waals surface area contributed by atoms with E-state index in [1.54, 1.807) is 42.5 Å². The van der Waals surface area contributed by atoms with Gasteiger partial charge in [-0.05, 0) is 18.1 Å². The van der Waals surface area contributed by atoms with E-state index >= 15 is 0 Å². The Bertz CT molecular complexity index is 841. The van der Waals surface area contributed by atoms with Crippen molar-refractivity contribution in [2.45, 2.75) is 24.8 Å². The summed E-state index contributed by atoms with van der Waals surface area (Å²) in [6.45, 7) is 0. The molecule has 0 saturated carbocycles. The molecule has 1 aliphatic carbocycles. The van der Waals surface area contributed by atoms with Crippen LogP contribution in [0, 0.1) is 11.3 Å². The van der Waals surface area contributed by atoms with Gasteiger partial charge in [-0.1, -0.05) is 54.1 Å². The van der Waals surface area contributed by atoms with Crippen molar-refractivity contribution in [3.63, 3.8) is 0 Å². The fraction of sp³-hybridized carbons (Fsp3) is 0.211. The number of Topliss-reactive ketones (excluding diaryl/α,β-unsaturated/α-hetero) is 1. The van der Waals surface area contributed by atoms with E-state index in [1.165, 1.54) is 0 Å². The van der Waals surface area contributed by atoms with Crippen LogP contribution in [-0.4, -0.2) is 11.7 Å². The molecule has 3 rings (SSSR count). The minimum Gasteiger partial charge on any atom is -0.336 e. The number of fused-ring (bicyclic) bond motifs is 1. The molecule has 0 aromatic heterocycles. The summed E-state index contributed by atoms with van der Waals surface area (Å²) in [5.41, 5.74) is 1.88. The lowest BCUT2D eigenvalue weighted by Crippen LogP contribution is -2.34. The molecule has 1 aliphatic rings. The highest BCUT2D eigenvalue weighted by atomic mass is 35.5. The quantitative estimate of drug-likeness (QED) is 0.925. The number of halogens is 1. The number of rotatable bonds is 3. The van der Waals surface area contributed by atoms with Gasteiger partial charge in [-0.25, -0.2) is 0 Å². The Morgan fingerprint density at radius 1 is 1.21 bits per heavy atom. The number of nitrogens with zero attached hydrogens (tertiary/aromatic N) is 1. The fourth-order valence-electron chi connectivity index (χ4n) is 3.02. The van der Waals surface area contributed by atoms with Crippen LogP contribution >= 0.6 is 11.6 Å². The predicted molar refractivity (Wildman–Crippen MR) is 90.7 cm³/mol. The highest BCUT2D eigenvalue weighted by Crippen LogP contribution is 2.32. The van der Waals surface area contributed by atoms with E-state index in [1.807, 2.05) is 6.07 Å². The van der Waals surface area contributed by atoms with Crippen LogP contribution in [0.25, 0.3) is 0 Å². The van der Waals surface area contributed by atoms with Gasteiger partial charge in [0.15, 0.2) is 5.78 Å². The minimum absolute atomic E-state index is 0.0533. The first kappa shape index (κ1) is 16.2. The normalized spacial score (nSPS) is 17.5. The SMILES string of the molecule is N#C[C@H](NC(=O)[C@@H]1CCC(=O)c2ccccc21)c1ccccc1Cl. The third-order valence-electron chi connectivity index (χ3n) is 4.25. The average Bonchev–Trinajstić information content (AvgIpc) is 2.61. The second-order valence-electron chi connectivity index (χ2n) is 5.69. The van der Waals surface area contributed by atoms with Crippen LogP contribution < -0.4 is 5.32 Å². The second-order valence-corrected chi connectivity index (χ2v) is 6.10. The summed E-state index contributed by atoms with van der Waals surface area (Å²) in [5, 5.41) is 12.6. The third kappa shape index (κ3) is 3.04. The molecule has 0 aliphatic heterocycles. The minimum atomic E-state index is -0.823. The summed E-state index contributed by atoms with van der Waals surface area (Å²) in [5.74, 6) is -0.642. The van der Waals surface area contributed by atoms with Crippen molar-refractivity contribution in [2.75, 3.05) is 0 Å². The van der Waals surface area contributed by atoms with E-state index in [2.05, 4.69) is 11.4 Å². The highest BCUT2D eigenvalue weighted by molar-refractivity contribution is 6.31. The van der Waals surface area contributed by atoms with Gasteiger partial charge >= 0.3 is 0 Å². The molecular formula is C19H15ClN2O2. The lowest BCUT2D eigenvalue weighted by Gasteiger charge is -2.25. The number of carbonyl (C=O) groups excluding carboxylic acids is 2. The molecular weight excluding hydrogens is 324 g/mol.